The Morgan fingerprint density at radius 2 is 2.00 bits per heavy atom. The highest BCUT2D eigenvalue weighted by molar-refractivity contribution is 6.31. The number of likely N-dealkylation sites (N-methyl/N-ethyl adjacent to an activating group) is 1. The van der Waals surface area contributed by atoms with Crippen molar-refractivity contribution in [2.45, 2.75) is 38.5 Å². The van der Waals surface area contributed by atoms with Gasteiger partial charge in [-0.3, -0.25) is 0 Å². The molecule has 0 amide bonds. The maximum absolute atomic E-state index is 6.36. The summed E-state index contributed by atoms with van der Waals surface area (Å²) >= 11 is 6.36. The summed E-state index contributed by atoms with van der Waals surface area (Å²) in [5, 5.41) is 4.43. The molecule has 0 heterocycles. The van der Waals surface area contributed by atoms with Crippen LogP contribution >= 0.6 is 11.6 Å². The van der Waals surface area contributed by atoms with Crippen LogP contribution in [0.5, 0.6) is 0 Å². The Bertz CT molecular complexity index is 363. The predicted octanol–water partition coefficient (Wildman–Crippen LogP) is 4.01. The smallest absolute Gasteiger partial charge is 0.0444 e. The third-order valence-corrected chi connectivity index (χ3v) is 4.42. The normalized spacial score (nSPS) is 27.8. The number of halogens is 1. The van der Waals surface area contributed by atoms with Gasteiger partial charge in [-0.05, 0) is 36.9 Å². The zero-order valence-electron chi connectivity index (χ0n) is 10.8. The van der Waals surface area contributed by atoms with Crippen molar-refractivity contribution in [3.05, 3.63) is 34.9 Å². The van der Waals surface area contributed by atoms with Crippen LogP contribution in [0.4, 0.5) is 0 Å². The fourth-order valence-corrected chi connectivity index (χ4v) is 3.39. The van der Waals surface area contributed by atoms with Crippen LogP contribution in [0.1, 0.15) is 38.7 Å². The maximum Gasteiger partial charge on any atom is 0.0444 e. The Balaban J connectivity index is 2.20. The second-order valence-electron chi connectivity index (χ2n) is 5.22. The van der Waals surface area contributed by atoms with E-state index in [4.69, 9.17) is 11.6 Å². The number of hydrogen-bond acceptors (Lipinski definition) is 1. The van der Waals surface area contributed by atoms with E-state index in [-0.39, 0.29) is 5.41 Å². The van der Waals surface area contributed by atoms with E-state index >= 15 is 0 Å². The van der Waals surface area contributed by atoms with E-state index in [9.17, 15) is 0 Å². The molecule has 1 fully saturated rings. The molecule has 94 valence electrons. The summed E-state index contributed by atoms with van der Waals surface area (Å²) in [7, 11) is 0. The molecule has 0 radical (unpaired) electrons. The van der Waals surface area contributed by atoms with Crippen molar-refractivity contribution in [1.82, 2.24) is 5.32 Å². The topological polar surface area (TPSA) is 12.0 Å². The molecule has 0 saturated heterocycles. The van der Waals surface area contributed by atoms with Crippen molar-refractivity contribution >= 4 is 11.6 Å². The zero-order chi connectivity index (χ0) is 12.3. The van der Waals surface area contributed by atoms with Gasteiger partial charge < -0.3 is 5.32 Å². The SMILES string of the molecule is CCNCC1(c2ccccc2Cl)CC(CC)C1. The minimum Gasteiger partial charge on any atom is -0.316 e. The van der Waals surface area contributed by atoms with Crippen LogP contribution in [0.3, 0.4) is 0 Å². The molecule has 1 aromatic carbocycles. The van der Waals surface area contributed by atoms with Crippen LogP contribution < -0.4 is 5.32 Å². The van der Waals surface area contributed by atoms with Gasteiger partial charge in [0.2, 0.25) is 0 Å². The Kier molecular flexibility index (Phi) is 4.11. The van der Waals surface area contributed by atoms with Gasteiger partial charge in [-0.15, -0.1) is 0 Å². The first kappa shape index (κ1) is 12.9. The lowest BCUT2D eigenvalue weighted by Crippen LogP contribution is -2.48. The third kappa shape index (κ3) is 2.51. The van der Waals surface area contributed by atoms with Crippen molar-refractivity contribution in [2.75, 3.05) is 13.1 Å². The second kappa shape index (κ2) is 5.41. The van der Waals surface area contributed by atoms with E-state index in [0.717, 1.165) is 24.0 Å². The van der Waals surface area contributed by atoms with Gasteiger partial charge in [0.25, 0.3) is 0 Å². The minimum absolute atomic E-state index is 0.287. The molecule has 2 heteroatoms. The van der Waals surface area contributed by atoms with Gasteiger partial charge in [0.15, 0.2) is 0 Å². The fraction of sp³-hybridized carbons (Fsp3) is 0.600. The molecule has 17 heavy (non-hydrogen) atoms. The molecule has 1 aliphatic carbocycles. The van der Waals surface area contributed by atoms with Crippen molar-refractivity contribution in [3.8, 4) is 0 Å². The van der Waals surface area contributed by atoms with Gasteiger partial charge >= 0.3 is 0 Å². The first-order valence-electron chi connectivity index (χ1n) is 6.67. The van der Waals surface area contributed by atoms with E-state index < -0.39 is 0 Å². The van der Waals surface area contributed by atoms with Crippen LogP contribution in [-0.4, -0.2) is 13.1 Å². The largest absolute Gasteiger partial charge is 0.316 e. The highest BCUT2D eigenvalue weighted by Crippen LogP contribution is 2.50. The van der Waals surface area contributed by atoms with E-state index in [1.54, 1.807) is 0 Å². The molecule has 2 rings (SSSR count). The Hall–Kier alpha value is -0.530. The van der Waals surface area contributed by atoms with E-state index in [2.05, 4.69) is 31.3 Å². The molecular weight excluding hydrogens is 230 g/mol. The summed E-state index contributed by atoms with van der Waals surface area (Å²) in [6, 6.07) is 8.34. The van der Waals surface area contributed by atoms with Crippen molar-refractivity contribution in [2.24, 2.45) is 5.92 Å². The molecule has 0 spiro atoms. The average Bonchev–Trinajstić information content (AvgIpc) is 2.30. The summed E-state index contributed by atoms with van der Waals surface area (Å²) in [4.78, 5) is 0. The van der Waals surface area contributed by atoms with Gasteiger partial charge in [-0.1, -0.05) is 50.1 Å². The quantitative estimate of drug-likeness (QED) is 0.834. The highest BCUT2D eigenvalue weighted by Gasteiger charge is 2.44. The zero-order valence-corrected chi connectivity index (χ0v) is 11.6. The number of benzene rings is 1. The summed E-state index contributed by atoms with van der Waals surface area (Å²) in [5.74, 6) is 0.880. The number of rotatable bonds is 5. The molecule has 0 atom stereocenters. The summed E-state index contributed by atoms with van der Waals surface area (Å²) in [6.07, 6.45) is 3.85. The van der Waals surface area contributed by atoms with Crippen molar-refractivity contribution < 1.29 is 0 Å². The molecule has 0 aromatic heterocycles. The Morgan fingerprint density at radius 3 is 2.59 bits per heavy atom. The van der Waals surface area contributed by atoms with Crippen molar-refractivity contribution in [3.63, 3.8) is 0 Å². The molecule has 0 aliphatic heterocycles. The fourth-order valence-electron chi connectivity index (χ4n) is 3.05. The first-order valence-corrected chi connectivity index (χ1v) is 7.05. The molecular formula is C15H22ClN. The lowest BCUT2D eigenvalue weighted by Gasteiger charge is -2.49. The Labute approximate surface area is 110 Å². The van der Waals surface area contributed by atoms with Crippen molar-refractivity contribution in [1.29, 1.82) is 0 Å². The van der Waals surface area contributed by atoms with Crippen LogP contribution in [0.25, 0.3) is 0 Å². The molecule has 1 saturated carbocycles. The number of nitrogens with one attached hydrogen (secondary N) is 1. The average molecular weight is 252 g/mol. The highest BCUT2D eigenvalue weighted by atomic mass is 35.5. The molecule has 1 aliphatic rings. The molecule has 1 nitrogen and oxygen atoms in total. The minimum atomic E-state index is 0.287. The summed E-state index contributed by atoms with van der Waals surface area (Å²) in [6.45, 7) is 6.54. The predicted molar refractivity (Wildman–Crippen MR) is 74.7 cm³/mol. The standard InChI is InChI=1S/C15H22ClN/c1-3-12-9-15(10-12,11-17-4-2)13-7-5-6-8-14(13)16/h5-8,12,17H,3-4,9-11H2,1-2H3. The monoisotopic (exact) mass is 251 g/mol. The van der Waals surface area contributed by atoms with Crippen LogP contribution in [0.15, 0.2) is 24.3 Å². The molecule has 0 bridgehead atoms. The van der Waals surface area contributed by atoms with Gasteiger partial charge in [-0.2, -0.15) is 0 Å². The molecule has 1 aromatic rings. The van der Waals surface area contributed by atoms with Crippen LogP contribution in [0, 0.1) is 5.92 Å². The molecule has 1 N–H and O–H groups in total. The van der Waals surface area contributed by atoms with Gasteiger partial charge in [0.1, 0.15) is 0 Å². The summed E-state index contributed by atoms with van der Waals surface area (Å²) < 4.78 is 0. The van der Waals surface area contributed by atoms with Gasteiger partial charge in [0, 0.05) is 17.0 Å². The lowest BCUT2D eigenvalue weighted by molar-refractivity contribution is 0.134. The molecule has 0 unspecified atom stereocenters. The maximum atomic E-state index is 6.36. The first-order chi connectivity index (χ1) is 8.22. The van der Waals surface area contributed by atoms with E-state index in [1.165, 1.54) is 24.8 Å². The third-order valence-electron chi connectivity index (χ3n) is 4.09. The lowest BCUT2D eigenvalue weighted by atomic mass is 9.58. The van der Waals surface area contributed by atoms with E-state index in [1.807, 2.05) is 12.1 Å². The summed E-state index contributed by atoms with van der Waals surface area (Å²) in [5.41, 5.74) is 1.63. The van der Waals surface area contributed by atoms with Gasteiger partial charge in [-0.25, -0.2) is 0 Å². The number of hydrogen-bond donors (Lipinski definition) is 1. The Morgan fingerprint density at radius 1 is 1.29 bits per heavy atom. The van der Waals surface area contributed by atoms with E-state index in [0.29, 0.717) is 0 Å². The van der Waals surface area contributed by atoms with Crippen LogP contribution in [0.2, 0.25) is 5.02 Å². The second-order valence-corrected chi connectivity index (χ2v) is 5.63. The van der Waals surface area contributed by atoms with Crippen LogP contribution in [-0.2, 0) is 5.41 Å². The van der Waals surface area contributed by atoms with Gasteiger partial charge in [0.05, 0.1) is 0 Å².